The van der Waals surface area contributed by atoms with Gasteiger partial charge in [0.2, 0.25) is 5.69 Å². The number of benzene rings is 2. The van der Waals surface area contributed by atoms with E-state index in [4.69, 9.17) is 5.11 Å². The number of hydrogen-bond donors (Lipinski definition) is 1. The van der Waals surface area contributed by atoms with E-state index in [1.807, 2.05) is 56.8 Å². The molecule has 0 amide bonds. The lowest BCUT2D eigenvalue weighted by Gasteiger charge is -2.20. The summed E-state index contributed by atoms with van der Waals surface area (Å²) in [6, 6.07) is 23.3. The quantitative estimate of drug-likeness (QED) is 0.0328. The Morgan fingerprint density at radius 1 is 0.778 bits per heavy atom. The molecule has 7 nitrogen and oxygen atoms in total. The first kappa shape index (κ1) is 35.8. The van der Waals surface area contributed by atoms with Crippen LogP contribution in [0.2, 0.25) is 0 Å². The topological polar surface area (TPSA) is 72.4 Å². The van der Waals surface area contributed by atoms with Crippen molar-refractivity contribution >= 4 is 57.4 Å². The SMILES string of the molecule is CN(CCSSCCN(C)c1ccc(/C=C/c2cccc[n+]2CCN=O)cc1)c1ccc(/C=C/C=C/CCC=NCCO)cc1. The summed E-state index contributed by atoms with van der Waals surface area (Å²) in [7, 11) is 8.15. The number of nitrogens with zero attached hydrogens (tertiary/aromatic N) is 5. The van der Waals surface area contributed by atoms with Crippen LogP contribution in [-0.2, 0) is 6.54 Å². The van der Waals surface area contributed by atoms with Gasteiger partial charge in [-0.05, 0) is 66.6 Å². The predicted octanol–water partition coefficient (Wildman–Crippen LogP) is 7.28. The van der Waals surface area contributed by atoms with Crippen LogP contribution >= 0.6 is 21.6 Å². The predicted molar refractivity (Wildman–Crippen MR) is 198 cm³/mol. The van der Waals surface area contributed by atoms with Crippen molar-refractivity contribution in [2.24, 2.45) is 10.2 Å². The molecule has 0 fully saturated rings. The molecule has 2 aromatic carbocycles. The number of aliphatic hydroxyl groups excluding tert-OH is 1. The number of hydrogen-bond acceptors (Lipinski definition) is 8. The first-order valence-corrected chi connectivity index (χ1v) is 17.8. The summed E-state index contributed by atoms with van der Waals surface area (Å²) in [6.45, 7) is 3.43. The number of aliphatic imine (C=N–C) groups is 1. The summed E-state index contributed by atoms with van der Waals surface area (Å²) in [5, 5.41) is 11.7. The summed E-state index contributed by atoms with van der Waals surface area (Å²) in [6.07, 6.45) is 18.3. The van der Waals surface area contributed by atoms with Crippen LogP contribution in [0.5, 0.6) is 0 Å². The van der Waals surface area contributed by atoms with Crippen molar-refractivity contribution in [2.75, 3.05) is 68.2 Å². The zero-order chi connectivity index (χ0) is 32.0. The Bertz CT molecular complexity index is 1370. The fraction of sp³-hybridized carbons (Fsp3) is 0.333. The largest absolute Gasteiger partial charge is 0.394 e. The summed E-state index contributed by atoms with van der Waals surface area (Å²) in [4.78, 5) is 19.2. The minimum absolute atomic E-state index is 0.111. The molecule has 0 atom stereocenters. The van der Waals surface area contributed by atoms with Gasteiger partial charge in [0.05, 0.1) is 13.2 Å². The first-order chi connectivity index (χ1) is 22.1. The minimum atomic E-state index is 0.111. The Morgan fingerprint density at radius 3 is 2.04 bits per heavy atom. The van der Waals surface area contributed by atoms with Crippen LogP contribution in [0.3, 0.4) is 0 Å². The van der Waals surface area contributed by atoms with Crippen molar-refractivity contribution in [2.45, 2.75) is 19.4 Å². The number of rotatable bonds is 21. The van der Waals surface area contributed by atoms with Crippen LogP contribution in [-0.4, -0.2) is 69.7 Å². The Kier molecular flexibility index (Phi) is 17.5. The third kappa shape index (κ3) is 14.3. The molecule has 3 aromatic rings. The molecule has 0 spiro atoms. The van der Waals surface area contributed by atoms with E-state index in [1.165, 1.54) is 16.9 Å². The molecule has 9 heteroatoms. The van der Waals surface area contributed by atoms with Crippen LogP contribution in [0.1, 0.15) is 29.7 Å². The van der Waals surface area contributed by atoms with Crippen LogP contribution in [0.25, 0.3) is 18.2 Å². The number of unbranched alkanes of at least 4 members (excludes halogenated alkanes) is 1. The summed E-state index contributed by atoms with van der Waals surface area (Å²) >= 11 is 0. The maximum absolute atomic E-state index is 10.5. The van der Waals surface area contributed by atoms with Crippen molar-refractivity contribution in [1.29, 1.82) is 0 Å². The van der Waals surface area contributed by atoms with E-state index in [9.17, 15) is 4.91 Å². The molecule has 0 aliphatic carbocycles. The highest BCUT2D eigenvalue weighted by Crippen LogP contribution is 2.23. The first-order valence-electron chi connectivity index (χ1n) is 15.4. The van der Waals surface area contributed by atoms with Crippen molar-refractivity contribution in [3.63, 3.8) is 0 Å². The normalized spacial score (nSPS) is 11.8. The molecule has 0 aliphatic rings. The Balaban J connectivity index is 1.31. The monoisotopic (exact) mass is 644 g/mol. The zero-order valence-corrected chi connectivity index (χ0v) is 28.1. The van der Waals surface area contributed by atoms with Gasteiger partial charge in [0, 0.05) is 68.3 Å². The van der Waals surface area contributed by atoms with Gasteiger partial charge < -0.3 is 14.9 Å². The molecule has 1 aromatic heterocycles. The fourth-order valence-electron chi connectivity index (χ4n) is 4.33. The van der Waals surface area contributed by atoms with Gasteiger partial charge >= 0.3 is 0 Å². The van der Waals surface area contributed by atoms with E-state index in [2.05, 4.69) is 119 Å². The van der Waals surface area contributed by atoms with Crippen molar-refractivity contribution in [3.05, 3.63) is 113 Å². The highest BCUT2D eigenvalue weighted by molar-refractivity contribution is 8.76. The summed E-state index contributed by atoms with van der Waals surface area (Å²) < 4.78 is 2.04. The lowest BCUT2D eigenvalue weighted by Crippen LogP contribution is -2.37. The second-order valence-electron chi connectivity index (χ2n) is 10.4. The van der Waals surface area contributed by atoms with Crippen molar-refractivity contribution in [1.82, 2.24) is 0 Å². The van der Waals surface area contributed by atoms with E-state index >= 15 is 0 Å². The number of pyridine rings is 1. The molecule has 0 aliphatic heterocycles. The average Bonchev–Trinajstić information content (AvgIpc) is 3.07. The molecule has 3 rings (SSSR count). The number of aliphatic hydroxyl groups is 1. The molecular formula is C36H46N5O2S2+. The molecule has 0 bridgehead atoms. The minimum Gasteiger partial charge on any atom is -0.394 e. The molecule has 1 N–H and O–H groups in total. The standard InChI is InChI=1S/C36H46N5O2S2/c1-39(34-17-12-32(13-18-34)10-6-4-3-5-8-22-37-24-29-42)27-30-44-45-31-28-40(2)35-19-14-33(15-20-35)16-21-36-11-7-9-25-41(36)26-23-38-43/h3-4,6-7,9-22,25,42H,5,8,23-24,26-31H2,1-2H3/q+1/b4-3+,10-6+,37-22?. The van der Waals surface area contributed by atoms with E-state index in [1.54, 1.807) is 0 Å². The lowest BCUT2D eigenvalue weighted by molar-refractivity contribution is -0.696. The van der Waals surface area contributed by atoms with Crippen LogP contribution in [0, 0.1) is 4.91 Å². The number of nitroso groups, excluding NO2 is 1. The van der Waals surface area contributed by atoms with Crippen LogP contribution < -0.4 is 14.4 Å². The maximum Gasteiger partial charge on any atom is 0.205 e. The number of allylic oxidation sites excluding steroid dienone is 3. The van der Waals surface area contributed by atoms with Gasteiger partial charge in [0.15, 0.2) is 12.7 Å². The lowest BCUT2D eigenvalue weighted by atomic mass is 10.1. The van der Waals surface area contributed by atoms with E-state index in [-0.39, 0.29) is 13.2 Å². The van der Waals surface area contributed by atoms with Gasteiger partial charge in [-0.1, -0.05) is 75.3 Å². The van der Waals surface area contributed by atoms with Gasteiger partial charge in [-0.2, -0.15) is 9.47 Å². The number of aromatic nitrogens is 1. The van der Waals surface area contributed by atoms with Crippen LogP contribution in [0.4, 0.5) is 11.4 Å². The molecule has 0 saturated heterocycles. The highest BCUT2D eigenvalue weighted by Gasteiger charge is 2.06. The fourth-order valence-corrected chi connectivity index (χ4v) is 6.42. The summed E-state index contributed by atoms with van der Waals surface area (Å²) in [5.74, 6) is 2.12. The molecule has 0 radical (unpaired) electrons. The molecule has 45 heavy (non-hydrogen) atoms. The molecule has 1 heterocycles. The van der Waals surface area contributed by atoms with Gasteiger partial charge in [-0.15, -0.1) is 0 Å². The zero-order valence-electron chi connectivity index (χ0n) is 26.4. The Labute approximate surface area is 276 Å². The van der Waals surface area contributed by atoms with Gasteiger partial charge in [0.1, 0.15) is 6.54 Å². The smallest absolute Gasteiger partial charge is 0.205 e. The molecule has 0 saturated carbocycles. The van der Waals surface area contributed by atoms with Gasteiger partial charge in [-0.3, -0.25) is 4.99 Å². The van der Waals surface area contributed by atoms with Crippen molar-refractivity contribution < 1.29 is 9.67 Å². The van der Waals surface area contributed by atoms with Crippen LogP contribution in [0.15, 0.2) is 101 Å². The van der Waals surface area contributed by atoms with Gasteiger partial charge in [-0.25, -0.2) is 0 Å². The van der Waals surface area contributed by atoms with E-state index in [0.29, 0.717) is 13.1 Å². The molecule has 0 unspecified atom stereocenters. The Morgan fingerprint density at radius 2 is 1.42 bits per heavy atom. The maximum atomic E-state index is 10.5. The molecule has 238 valence electrons. The van der Waals surface area contributed by atoms with E-state index < -0.39 is 0 Å². The molecular weight excluding hydrogens is 599 g/mol. The summed E-state index contributed by atoms with van der Waals surface area (Å²) in [5.41, 5.74) is 5.80. The third-order valence-corrected chi connectivity index (χ3v) is 9.35. The van der Waals surface area contributed by atoms with Crippen molar-refractivity contribution in [3.8, 4) is 0 Å². The highest BCUT2D eigenvalue weighted by atomic mass is 33.1. The van der Waals surface area contributed by atoms with Gasteiger partial charge in [0.25, 0.3) is 0 Å². The third-order valence-electron chi connectivity index (χ3n) is 6.98. The number of anilines is 2. The average molecular weight is 645 g/mol. The Hall–Kier alpha value is -3.66. The van der Waals surface area contributed by atoms with E-state index in [0.717, 1.165) is 48.7 Å². The second-order valence-corrected chi connectivity index (χ2v) is 13.1. The second kappa shape index (κ2) is 21.9.